The van der Waals surface area contributed by atoms with Crippen LogP contribution in [0.4, 0.5) is 18.9 Å². The second-order valence-corrected chi connectivity index (χ2v) is 8.59. The molecule has 2 aromatic carbocycles. The number of benzene rings is 2. The molecule has 0 aliphatic carbocycles. The number of hydrogen-bond acceptors (Lipinski definition) is 3. The Morgan fingerprint density at radius 3 is 2.41 bits per heavy atom. The van der Waals surface area contributed by atoms with Crippen molar-refractivity contribution in [3.8, 4) is 0 Å². The molecule has 0 aliphatic heterocycles. The number of anilines is 1. The summed E-state index contributed by atoms with van der Waals surface area (Å²) in [4.78, 5) is 12.7. The molecule has 0 radical (unpaired) electrons. The van der Waals surface area contributed by atoms with E-state index in [-0.39, 0.29) is 11.3 Å². The van der Waals surface area contributed by atoms with Gasteiger partial charge in [-0.3, -0.25) is 9.52 Å². The monoisotopic (exact) mass is 428 g/mol. The van der Waals surface area contributed by atoms with Crippen molar-refractivity contribution < 1.29 is 26.4 Å². The standard InChI is InChI=1S/C20H23F3N2O3S/c1-4-6-17(14-7-5-8-16(11-14)20(21,22)23)24-19(26)15-10-9-13(2)18(12-15)25-29(3,27)28/h5,7-12,17,25H,4,6H2,1-3H3,(H,24,26). The zero-order valence-electron chi connectivity index (χ0n) is 16.3. The van der Waals surface area contributed by atoms with Crippen LogP contribution >= 0.6 is 0 Å². The Labute approximate surface area is 168 Å². The number of halogens is 3. The maximum atomic E-state index is 13.0. The molecule has 0 heterocycles. The summed E-state index contributed by atoms with van der Waals surface area (Å²) in [5.41, 5.74) is 0.688. The lowest BCUT2D eigenvalue weighted by Crippen LogP contribution is -2.29. The average Bonchev–Trinajstić information content (AvgIpc) is 2.61. The summed E-state index contributed by atoms with van der Waals surface area (Å²) in [7, 11) is -3.52. The van der Waals surface area contributed by atoms with E-state index in [1.807, 2.05) is 6.92 Å². The Morgan fingerprint density at radius 1 is 1.14 bits per heavy atom. The van der Waals surface area contributed by atoms with E-state index in [1.54, 1.807) is 19.1 Å². The number of amides is 1. The number of nitrogens with one attached hydrogen (secondary N) is 2. The molecule has 2 rings (SSSR count). The first-order valence-electron chi connectivity index (χ1n) is 8.97. The highest BCUT2D eigenvalue weighted by molar-refractivity contribution is 7.92. The molecule has 2 aromatic rings. The van der Waals surface area contributed by atoms with Gasteiger partial charge in [0.2, 0.25) is 10.0 Å². The van der Waals surface area contributed by atoms with Crippen molar-refractivity contribution in [1.29, 1.82) is 0 Å². The highest BCUT2D eigenvalue weighted by Gasteiger charge is 2.31. The summed E-state index contributed by atoms with van der Waals surface area (Å²) in [5.74, 6) is -0.502. The van der Waals surface area contributed by atoms with E-state index in [0.29, 0.717) is 24.0 Å². The smallest absolute Gasteiger partial charge is 0.345 e. The maximum absolute atomic E-state index is 13.0. The van der Waals surface area contributed by atoms with Crippen molar-refractivity contribution in [2.75, 3.05) is 11.0 Å². The average molecular weight is 428 g/mol. The minimum Gasteiger partial charge on any atom is -0.345 e. The van der Waals surface area contributed by atoms with E-state index in [0.717, 1.165) is 18.4 Å². The van der Waals surface area contributed by atoms with Gasteiger partial charge in [0.15, 0.2) is 0 Å². The van der Waals surface area contributed by atoms with Crippen molar-refractivity contribution >= 4 is 21.6 Å². The Bertz CT molecular complexity index is 989. The quantitative estimate of drug-likeness (QED) is 0.674. The number of carbonyl (C=O) groups is 1. The molecule has 0 saturated heterocycles. The molecule has 158 valence electrons. The highest BCUT2D eigenvalue weighted by atomic mass is 32.2. The van der Waals surface area contributed by atoms with Gasteiger partial charge in [-0.15, -0.1) is 0 Å². The lowest BCUT2D eigenvalue weighted by molar-refractivity contribution is -0.137. The predicted molar refractivity (Wildman–Crippen MR) is 106 cm³/mol. The van der Waals surface area contributed by atoms with Crippen LogP contribution < -0.4 is 10.0 Å². The Morgan fingerprint density at radius 2 is 1.83 bits per heavy atom. The molecule has 1 amide bonds. The van der Waals surface area contributed by atoms with Crippen LogP contribution in [0.25, 0.3) is 0 Å². The van der Waals surface area contributed by atoms with Crippen LogP contribution in [0.15, 0.2) is 42.5 Å². The lowest BCUT2D eigenvalue weighted by atomic mass is 9.99. The largest absolute Gasteiger partial charge is 0.416 e. The van der Waals surface area contributed by atoms with Crippen LogP contribution in [0, 0.1) is 6.92 Å². The van der Waals surface area contributed by atoms with Crippen LogP contribution in [0.1, 0.15) is 52.9 Å². The second kappa shape index (κ2) is 8.86. The minimum absolute atomic E-state index is 0.204. The van der Waals surface area contributed by atoms with Gasteiger partial charge < -0.3 is 5.32 Å². The molecule has 0 saturated carbocycles. The van der Waals surface area contributed by atoms with E-state index in [4.69, 9.17) is 0 Å². The van der Waals surface area contributed by atoms with E-state index in [2.05, 4.69) is 10.0 Å². The topological polar surface area (TPSA) is 75.3 Å². The summed E-state index contributed by atoms with van der Waals surface area (Å²) in [5, 5.41) is 2.76. The summed E-state index contributed by atoms with van der Waals surface area (Å²) >= 11 is 0. The molecule has 2 N–H and O–H groups in total. The van der Waals surface area contributed by atoms with Crippen LogP contribution in [0.5, 0.6) is 0 Å². The van der Waals surface area contributed by atoms with Gasteiger partial charge in [0, 0.05) is 5.56 Å². The molecule has 0 aliphatic rings. The van der Waals surface area contributed by atoms with Gasteiger partial charge in [-0.05, 0) is 48.7 Å². The number of sulfonamides is 1. The molecular formula is C20H23F3N2O3S. The Hall–Kier alpha value is -2.55. The van der Waals surface area contributed by atoms with Crippen molar-refractivity contribution in [1.82, 2.24) is 5.32 Å². The minimum atomic E-state index is -4.47. The molecule has 0 aromatic heterocycles. The van der Waals surface area contributed by atoms with Crippen LogP contribution in [-0.4, -0.2) is 20.6 Å². The molecule has 5 nitrogen and oxygen atoms in total. The van der Waals surface area contributed by atoms with Gasteiger partial charge in [-0.2, -0.15) is 13.2 Å². The van der Waals surface area contributed by atoms with Gasteiger partial charge in [0.05, 0.1) is 23.5 Å². The first-order valence-corrected chi connectivity index (χ1v) is 10.9. The van der Waals surface area contributed by atoms with Crippen molar-refractivity contribution in [2.24, 2.45) is 0 Å². The summed E-state index contributed by atoms with van der Waals surface area (Å²) < 4.78 is 64.4. The number of aryl methyl sites for hydroxylation is 1. The fourth-order valence-electron chi connectivity index (χ4n) is 2.86. The van der Waals surface area contributed by atoms with Gasteiger partial charge in [0.1, 0.15) is 0 Å². The number of alkyl halides is 3. The number of carbonyl (C=O) groups excluding carboxylic acids is 1. The fourth-order valence-corrected chi connectivity index (χ4v) is 3.48. The summed E-state index contributed by atoms with van der Waals surface area (Å²) in [6.45, 7) is 3.56. The third kappa shape index (κ3) is 6.49. The first kappa shape index (κ1) is 22.7. The fraction of sp³-hybridized carbons (Fsp3) is 0.350. The summed E-state index contributed by atoms with van der Waals surface area (Å²) in [6, 6.07) is 8.80. The zero-order chi connectivity index (χ0) is 21.8. The predicted octanol–water partition coefficient (Wildman–Crippen LogP) is 4.66. The number of hydrogen-bond donors (Lipinski definition) is 2. The normalized spacial score (nSPS) is 13.0. The third-order valence-electron chi connectivity index (χ3n) is 4.29. The van der Waals surface area contributed by atoms with Gasteiger partial charge in [0.25, 0.3) is 5.91 Å². The molecule has 29 heavy (non-hydrogen) atoms. The van der Waals surface area contributed by atoms with Crippen molar-refractivity contribution in [3.05, 3.63) is 64.7 Å². The SMILES string of the molecule is CCCC(NC(=O)c1ccc(C)c(NS(C)(=O)=O)c1)c1cccc(C(F)(F)F)c1. The first-order chi connectivity index (χ1) is 13.4. The zero-order valence-corrected chi connectivity index (χ0v) is 17.1. The molecule has 0 fully saturated rings. The Kier molecular flexibility index (Phi) is 6.94. The molecule has 9 heteroatoms. The van der Waals surface area contributed by atoms with E-state index in [9.17, 15) is 26.4 Å². The number of rotatable bonds is 7. The highest BCUT2D eigenvalue weighted by Crippen LogP contribution is 2.31. The van der Waals surface area contributed by atoms with Crippen LogP contribution in [0.3, 0.4) is 0 Å². The van der Waals surface area contributed by atoms with Crippen molar-refractivity contribution in [2.45, 2.75) is 38.9 Å². The van der Waals surface area contributed by atoms with Gasteiger partial charge in [-0.1, -0.05) is 31.5 Å². The molecule has 0 spiro atoms. The second-order valence-electron chi connectivity index (χ2n) is 6.84. The molecular weight excluding hydrogens is 405 g/mol. The molecule has 1 unspecified atom stereocenters. The summed E-state index contributed by atoms with van der Waals surface area (Å²) in [6.07, 6.45) is -2.37. The van der Waals surface area contributed by atoms with E-state index < -0.39 is 33.7 Å². The maximum Gasteiger partial charge on any atom is 0.416 e. The van der Waals surface area contributed by atoms with Gasteiger partial charge in [-0.25, -0.2) is 8.42 Å². The van der Waals surface area contributed by atoms with Crippen LogP contribution in [-0.2, 0) is 16.2 Å². The molecule has 0 bridgehead atoms. The van der Waals surface area contributed by atoms with Crippen molar-refractivity contribution in [3.63, 3.8) is 0 Å². The van der Waals surface area contributed by atoms with Crippen LogP contribution in [0.2, 0.25) is 0 Å². The molecule has 1 atom stereocenters. The lowest BCUT2D eigenvalue weighted by Gasteiger charge is -2.20. The van der Waals surface area contributed by atoms with Gasteiger partial charge >= 0.3 is 6.18 Å². The van der Waals surface area contributed by atoms with E-state index >= 15 is 0 Å². The Balaban J connectivity index is 2.30. The third-order valence-corrected chi connectivity index (χ3v) is 4.88. The van der Waals surface area contributed by atoms with E-state index in [1.165, 1.54) is 18.2 Å².